The van der Waals surface area contributed by atoms with Crippen molar-refractivity contribution in [3.05, 3.63) is 83.6 Å². The number of piperazine rings is 1. The van der Waals surface area contributed by atoms with Gasteiger partial charge in [-0.25, -0.2) is 4.39 Å². The molecule has 1 N–H and O–H groups in total. The first-order valence-electron chi connectivity index (χ1n) is 11.3. The number of nitrogens with zero attached hydrogens (tertiary/aromatic N) is 2. The highest BCUT2D eigenvalue weighted by atomic mass is 19.1. The zero-order valence-corrected chi connectivity index (χ0v) is 18.7. The van der Waals surface area contributed by atoms with Gasteiger partial charge in [0, 0.05) is 37.9 Å². The quantitative estimate of drug-likeness (QED) is 0.623. The van der Waals surface area contributed by atoms with Crippen LogP contribution in [0, 0.1) is 11.7 Å². The molecule has 1 saturated heterocycles. The first-order valence-corrected chi connectivity index (χ1v) is 11.3. The normalized spacial score (nSPS) is 20.1. The molecule has 7 heteroatoms. The SMILES string of the molecule is COc1ccc2c(c1)N1CCN(Cc3ccc(F)cc3)C[C@@H]1[C@@H](C(=O)NCc1ccco1)C2. The Morgan fingerprint density at radius 2 is 2.03 bits per heavy atom. The fourth-order valence-electron chi connectivity index (χ4n) is 4.97. The minimum atomic E-state index is -0.227. The van der Waals surface area contributed by atoms with Crippen LogP contribution in [0.1, 0.15) is 16.9 Å². The summed E-state index contributed by atoms with van der Waals surface area (Å²) < 4.78 is 24.2. The maximum absolute atomic E-state index is 13.3. The first kappa shape index (κ1) is 21.5. The maximum atomic E-state index is 13.3. The van der Waals surface area contributed by atoms with Gasteiger partial charge in [-0.1, -0.05) is 18.2 Å². The van der Waals surface area contributed by atoms with E-state index < -0.39 is 0 Å². The molecule has 1 amide bonds. The van der Waals surface area contributed by atoms with Crippen LogP contribution in [-0.2, 0) is 24.3 Å². The van der Waals surface area contributed by atoms with Crippen LogP contribution in [0.4, 0.5) is 10.1 Å². The minimum absolute atomic E-state index is 0.0338. The number of halogens is 1. The van der Waals surface area contributed by atoms with Crippen LogP contribution in [0.2, 0.25) is 0 Å². The van der Waals surface area contributed by atoms with E-state index in [0.717, 1.165) is 54.5 Å². The monoisotopic (exact) mass is 449 g/mol. The number of benzene rings is 2. The topological polar surface area (TPSA) is 58.0 Å². The van der Waals surface area contributed by atoms with E-state index in [1.807, 2.05) is 30.3 Å². The summed E-state index contributed by atoms with van der Waals surface area (Å²) in [5.74, 6) is 1.18. The van der Waals surface area contributed by atoms with Gasteiger partial charge < -0.3 is 19.4 Å². The zero-order valence-electron chi connectivity index (χ0n) is 18.7. The molecule has 33 heavy (non-hydrogen) atoms. The molecule has 2 atom stereocenters. The summed E-state index contributed by atoms with van der Waals surface area (Å²) >= 11 is 0. The average Bonchev–Trinajstić information content (AvgIpc) is 3.37. The van der Waals surface area contributed by atoms with Crippen molar-refractivity contribution >= 4 is 11.6 Å². The highest BCUT2D eigenvalue weighted by Crippen LogP contribution is 2.38. The lowest BCUT2D eigenvalue weighted by Crippen LogP contribution is -2.60. The number of amides is 1. The lowest BCUT2D eigenvalue weighted by atomic mass is 9.83. The van der Waals surface area contributed by atoms with Gasteiger partial charge in [0.25, 0.3) is 0 Å². The molecule has 172 valence electrons. The second kappa shape index (κ2) is 9.27. The highest BCUT2D eigenvalue weighted by molar-refractivity contribution is 5.82. The zero-order chi connectivity index (χ0) is 22.8. The molecular weight excluding hydrogens is 421 g/mol. The van der Waals surface area contributed by atoms with Gasteiger partial charge in [-0.3, -0.25) is 9.69 Å². The predicted molar refractivity (Wildman–Crippen MR) is 124 cm³/mol. The number of carbonyl (C=O) groups excluding carboxylic acids is 1. The number of methoxy groups -OCH3 is 1. The number of hydrogen-bond acceptors (Lipinski definition) is 5. The Balaban J connectivity index is 1.38. The summed E-state index contributed by atoms with van der Waals surface area (Å²) in [5.41, 5.74) is 3.38. The predicted octanol–water partition coefficient (Wildman–Crippen LogP) is 3.61. The Morgan fingerprint density at radius 1 is 1.18 bits per heavy atom. The molecule has 1 aromatic heterocycles. The number of ether oxygens (including phenoxy) is 1. The Hall–Kier alpha value is -3.32. The van der Waals surface area contributed by atoms with Crippen LogP contribution in [-0.4, -0.2) is 43.6 Å². The van der Waals surface area contributed by atoms with Crippen LogP contribution in [0.25, 0.3) is 0 Å². The number of nitrogens with one attached hydrogen (secondary N) is 1. The van der Waals surface area contributed by atoms with Crippen molar-refractivity contribution in [3.63, 3.8) is 0 Å². The van der Waals surface area contributed by atoms with E-state index in [1.165, 1.54) is 12.1 Å². The number of furan rings is 1. The molecule has 0 bridgehead atoms. The minimum Gasteiger partial charge on any atom is -0.497 e. The molecule has 0 spiro atoms. The van der Waals surface area contributed by atoms with Crippen molar-refractivity contribution in [2.75, 3.05) is 31.6 Å². The van der Waals surface area contributed by atoms with E-state index in [4.69, 9.17) is 9.15 Å². The fourth-order valence-corrected chi connectivity index (χ4v) is 4.97. The summed E-state index contributed by atoms with van der Waals surface area (Å²) in [6, 6.07) is 16.5. The molecule has 0 unspecified atom stereocenters. The molecule has 2 aliphatic rings. The van der Waals surface area contributed by atoms with E-state index in [9.17, 15) is 9.18 Å². The average molecular weight is 450 g/mol. The van der Waals surface area contributed by atoms with Crippen molar-refractivity contribution in [3.8, 4) is 5.75 Å². The molecular formula is C26H28FN3O3. The van der Waals surface area contributed by atoms with Gasteiger partial charge in [-0.2, -0.15) is 0 Å². The summed E-state index contributed by atoms with van der Waals surface area (Å²) in [4.78, 5) is 18.0. The van der Waals surface area contributed by atoms with Crippen LogP contribution in [0.5, 0.6) is 5.75 Å². The largest absolute Gasteiger partial charge is 0.497 e. The van der Waals surface area contributed by atoms with Crippen molar-refractivity contribution in [2.45, 2.75) is 25.6 Å². The van der Waals surface area contributed by atoms with Gasteiger partial charge in [0.05, 0.1) is 31.9 Å². The second-order valence-corrected chi connectivity index (χ2v) is 8.72. The number of carbonyl (C=O) groups is 1. The third-order valence-electron chi connectivity index (χ3n) is 6.68. The lowest BCUT2D eigenvalue weighted by Gasteiger charge is -2.49. The van der Waals surface area contributed by atoms with Crippen molar-refractivity contribution in [1.29, 1.82) is 0 Å². The van der Waals surface area contributed by atoms with E-state index >= 15 is 0 Å². The van der Waals surface area contributed by atoms with Crippen LogP contribution < -0.4 is 15.0 Å². The summed E-state index contributed by atoms with van der Waals surface area (Å²) in [6.45, 7) is 3.55. The number of hydrogen-bond donors (Lipinski definition) is 1. The molecule has 3 aromatic rings. The summed E-state index contributed by atoms with van der Waals surface area (Å²) in [5, 5.41) is 3.07. The molecule has 6 nitrogen and oxygen atoms in total. The third-order valence-corrected chi connectivity index (χ3v) is 6.68. The Labute approximate surface area is 192 Å². The van der Waals surface area contributed by atoms with E-state index in [1.54, 1.807) is 13.4 Å². The molecule has 0 saturated carbocycles. The van der Waals surface area contributed by atoms with Gasteiger partial charge in [-0.15, -0.1) is 0 Å². The molecule has 2 aliphatic heterocycles. The highest BCUT2D eigenvalue weighted by Gasteiger charge is 2.41. The van der Waals surface area contributed by atoms with Gasteiger partial charge in [0.1, 0.15) is 17.3 Å². The van der Waals surface area contributed by atoms with Gasteiger partial charge in [0.2, 0.25) is 5.91 Å². The summed E-state index contributed by atoms with van der Waals surface area (Å²) in [6.07, 6.45) is 2.29. The smallest absolute Gasteiger partial charge is 0.225 e. The molecule has 3 heterocycles. The van der Waals surface area contributed by atoms with E-state index in [2.05, 4.69) is 27.2 Å². The van der Waals surface area contributed by atoms with Gasteiger partial charge >= 0.3 is 0 Å². The Kier molecular flexibility index (Phi) is 6.05. The number of fused-ring (bicyclic) bond motifs is 3. The molecule has 0 aliphatic carbocycles. The molecule has 1 fully saturated rings. The maximum Gasteiger partial charge on any atom is 0.225 e. The number of rotatable bonds is 6. The van der Waals surface area contributed by atoms with E-state index in [0.29, 0.717) is 13.0 Å². The fraction of sp³-hybridized carbons (Fsp3) is 0.346. The van der Waals surface area contributed by atoms with Gasteiger partial charge in [0.15, 0.2) is 0 Å². The second-order valence-electron chi connectivity index (χ2n) is 8.72. The van der Waals surface area contributed by atoms with Crippen LogP contribution in [0.3, 0.4) is 0 Å². The molecule has 2 aromatic carbocycles. The van der Waals surface area contributed by atoms with Gasteiger partial charge in [-0.05, 0) is 47.9 Å². The Bertz CT molecular complexity index is 1100. The van der Waals surface area contributed by atoms with Crippen molar-refractivity contribution < 1.29 is 18.3 Å². The molecule has 5 rings (SSSR count). The first-order chi connectivity index (χ1) is 16.1. The molecule has 0 radical (unpaired) electrons. The van der Waals surface area contributed by atoms with Crippen molar-refractivity contribution in [1.82, 2.24) is 10.2 Å². The Morgan fingerprint density at radius 3 is 2.79 bits per heavy atom. The van der Waals surface area contributed by atoms with E-state index in [-0.39, 0.29) is 23.7 Å². The third kappa shape index (κ3) is 4.59. The number of anilines is 1. The standard InChI is InChI=1S/C26H28FN3O3/c1-32-21-9-6-19-13-23(26(31)28-15-22-3-2-12-33-22)25-17-29(10-11-30(25)24(19)14-21)16-18-4-7-20(27)8-5-18/h2-9,12,14,23,25H,10-11,13,15-17H2,1H3,(H,28,31)/t23-,25+/m0/s1. The van der Waals surface area contributed by atoms with Crippen molar-refractivity contribution in [2.24, 2.45) is 5.92 Å². The lowest BCUT2D eigenvalue weighted by molar-refractivity contribution is -0.126. The van der Waals surface area contributed by atoms with Crippen LogP contribution >= 0.6 is 0 Å². The van der Waals surface area contributed by atoms with Crippen LogP contribution in [0.15, 0.2) is 65.3 Å². The summed E-state index contributed by atoms with van der Waals surface area (Å²) in [7, 11) is 1.67.